The molecule has 0 heterocycles. The Morgan fingerprint density at radius 3 is 2.09 bits per heavy atom. The zero-order valence-electron chi connectivity index (χ0n) is 7.78. The highest BCUT2D eigenvalue weighted by Crippen LogP contribution is 2.36. The number of hydrogen-bond donors (Lipinski definition) is 1. The Hall–Kier alpha value is 0.0900. The van der Waals surface area contributed by atoms with Crippen LogP contribution in [-0.2, 0) is 0 Å². The van der Waals surface area contributed by atoms with Crippen molar-refractivity contribution in [2.45, 2.75) is 51.2 Å². The lowest BCUT2D eigenvalue weighted by molar-refractivity contribution is 0.488. The summed E-state index contributed by atoms with van der Waals surface area (Å²) in [5, 5.41) is 0. The van der Waals surface area contributed by atoms with Gasteiger partial charge < -0.3 is 0 Å². The molecule has 0 atom stereocenters. The molecule has 0 aliphatic heterocycles. The molecule has 0 N–H and O–H groups in total. The molecule has 0 radical (unpaired) electrons. The lowest BCUT2D eigenvalue weighted by atomic mass is 9.84. The Morgan fingerprint density at radius 2 is 1.73 bits per heavy atom. The number of allylic oxidation sites excluding steroid dienone is 2. The standard InChI is InChI=1S/C10H18S/c1-8(2)9-4-6-10(3,11)7-5-9/h11H,4-7H2,1-3H3. The first-order chi connectivity index (χ1) is 5.01. The first kappa shape index (κ1) is 9.18. The average molecular weight is 170 g/mol. The van der Waals surface area contributed by atoms with Crippen molar-refractivity contribution in [2.75, 3.05) is 0 Å². The normalized spacial score (nSPS) is 32.2. The van der Waals surface area contributed by atoms with Crippen LogP contribution < -0.4 is 0 Å². The van der Waals surface area contributed by atoms with Gasteiger partial charge in [-0.15, -0.1) is 0 Å². The number of hydrogen-bond acceptors (Lipinski definition) is 1. The summed E-state index contributed by atoms with van der Waals surface area (Å²) in [4.78, 5) is 0. The highest BCUT2D eigenvalue weighted by atomic mass is 32.1. The monoisotopic (exact) mass is 170 g/mol. The summed E-state index contributed by atoms with van der Waals surface area (Å²) >= 11 is 4.60. The summed E-state index contributed by atoms with van der Waals surface area (Å²) in [6, 6.07) is 0. The second-order valence-electron chi connectivity index (χ2n) is 4.10. The molecular weight excluding hydrogens is 152 g/mol. The van der Waals surface area contributed by atoms with Crippen LogP contribution in [-0.4, -0.2) is 4.75 Å². The summed E-state index contributed by atoms with van der Waals surface area (Å²) in [6.07, 6.45) is 5.03. The van der Waals surface area contributed by atoms with Crippen LogP contribution >= 0.6 is 12.6 Å². The fraction of sp³-hybridized carbons (Fsp3) is 0.800. The largest absolute Gasteiger partial charge is 0.173 e. The van der Waals surface area contributed by atoms with Crippen LogP contribution in [0.25, 0.3) is 0 Å². The van der Waals surface area contributed by atoms with Gasteiger partial charge in [-0.05, 0) is 39.5 Å². The molecule has 0 aromatic heterocycles. The van der Waals surface area contributed by atoms with Crippen LogP contribution in [0, 0.1) is 0 Å². The molecule has 1 fully saturated rings. The van der Waals surface area contributed by atoms with Crippen LogP contribution in [0.15, 0.2) is 11.1 Å². The predicted octanol–water partition coefficient (Wildman–Crippen LogP) is 3.59. The third-order valence-corrected chi connectivity index (χ3v) is 3.09. The molecule has 0 spiro atoms. The summed E-state index contributed by atoms with van der Waals surface area (Å²) in [6.45, 7) is 6.69. The zero-order valence-corrected chi connectivity index (χ0v) is 8.67. The molecule has 0 unspecified atom stereocenters. The molecule has 0 aromatic carbocycles. The summed E-state index contributed by atoms with van der Waals surface area (Å²) in [5.41, 5.74) is 3.19. The van der Waals surface area contributed by atoms with E-state index in [0.29, 0.717) is 4.75 Å². The van der Waals surface area contributed by atoms with Gasteiger partial charge in [0, 0.05) is 4.75 Å². The number of rotatable bonds is 0. The minimum atomic E-state index is 0.305. The van der Waals surface area contributed by atoms with Gasteiger partial charge in [0.2, 0.25) is 0 Å². The minimum absolute atomic E-state index is 0.305. The minimum Gasteiger partial charge on any atom is -0.173 e. The van der Waals surface area contributed by atoms with Gasteiger partial charge in [0.25, 0.3) is 0 Å². The highest BCUT2D eigenvalue weighted by molar-refractivity contribution is 7.81. The topological polar surface area (TPSA) is 0 Å². The molecule has 0 amide bonds. The van der Waals surface area contributed by atoms with Crippen molar-refractivity contribution in [1.29, 1.82) is 0 Å². The second kappa shape index (κ2) is 3.22. The smallest absolute Gasteiger partial charge is 0.0107 e. The number of thiol groups is 1. The van der Waals surface area contributed by atoms with Crippen molar-refractivity contribution in [3.05, 3.63) is 11.1 Å². The van der Waals surface area contributed by atoms with E-state index in [9.17, 15) is 0 Å². The van der Waals surface area contributed by atoms with Gasteiger partial charge >= 0.3 is 0 Å². The van der Waals surface area contributed by atoms with Crippen molar-refractivity contribution in [2.24, 2.45) is 0 Å². The van der Waals surface area contributed by atoms with E-state index in [1.807, 2.05) is 0 Å². The van der Waals surface area contributed by atoms with Gasteiger partial charge in [0.05, 0.1) is 0 Å². The lowest BCUT2D eigenvalue weighted by Gasteiger charge is -2.30. The van der Waals surface area contributed by atoms with Crippen molar-refractivity contribution in [1.82, 2.24) is 0 Å². The van der Waals surface area contributed by atoms with Crippen LogP contribution in [0.3, 0.4) is 0 Å². The molecule has 0 saturated heterocycles. The van der Waals surface area contributed by atoms with E-state index in [2.05, 4.69) is 33.4 Å². The van der Waals surface area contributed by atoms with Crippen molar-refractivity contribution in [3.63, 3.8) is 0 Å². The fourth-order valence-electron chi connectivity index (χ4n) is 1.59. The maximum Gasteiger partial charge on any atom is 0.0107 e. The Kier molecular flexibility index (Phi) is 2.69. The van der Waals surface area contributed by atoms with Gasteiger partial charge in [-0.1, -0.05) is 18.1 Å². The third kappa shape index (κ3) is 2.55. The lowest BCUT2D eigenvalue weighted by Crippen LogP contribution is -2.21. The Morgan fingerprint density at radius 1 is 1.27 bits per heavy atom. The first-order valence-corrected chi connectivity index (χ1v) is 4.84. The van der Waals surface area contributed by atoms with E-state index in [1.165, 1.54) is 31.3 Å². The second-order valence-corrected chi connectivity index (χ2v) is 5.18. The predicted molar refractivity (Wildman–Crippen MR) is 54.2 cm³/mol. The summed E-state index contributed by atoms with van der Waals surface area (Å²) < 4.78 is 0.305. The molecule has 64 valence electrons. The zero-order chi connectivity index (χ0) is 8.48. The van der Waals surface area contributed by atoms with E-state index in [1.54, 1.807) is 5.57 Å². The maximum absolute atomic E-state index is 4.60. The SMILES string of the molecule is CC(C)=C1CCC(C)(S)CC1. The summed E-state index contributed by atoms with van der Waals surface area (Å²) in [7, 11) is 0. The quantitative estimate of drug-likeness (QED) is 0.417. The third-order valence-electron chi connectivity index (χ3n) is 2.64. The Labute approximate surface area is 75.5 Å². The van der Waals surface area contributed by atoms with Gasteiger partial charge in [-0.3, -0.25) is 0 Å². The van der Waals surface area contributed by atoms with E-state index >= 15 is 0 Å². The molecule has 1 rings (SSSR count). The molecule has 11 heavy (non-hydrogen) atoms. The first-order valence-electron chi connectivity index (χ1n) is 4.39. The van der Waals surface area contributed by atoms with Gasteiger partial charge in [0.1, 0.15) is 0 Å². The van der Waals surface area contributed by atoms with Crippen LogP contribution in [0.2, 0.25) is 0 Å². The average Bonchev–Trinajstić information content (AvgIpc) is 1.86. The molecule has 1 heteroatoms. The molecule has 1 saturated carbocycles. The Bertz CT molecular complexity index is 161. The van der Waals surface area contributed by atoms with Crippen molar-refractivity contribution >= 4 is 12.6 Å². The van der Waals surface area contributed by atoms with E-state index < -0.39 is 0 Å². The van der Waals surface area contributed by atoms with Crippen LogP contribution in [0.1, 0.15) is 46.5 Å². The van der Waals surface area contributed by atoms with E-state index in [-0.39, 0.29) is 0 Å². The molecule has 0 aromatic rings. The van der Waals surface area contributed by atoms with Crippen molar-refractivity contribution in [3.8, 4) is 0 Å². The molecule has 1 aliphatic carbocycles. The van der Waals surface area contributed by atoms with Gasteiger partial charge in [-0.25, -0.2) is 0 Å². The van der Waals surface area contributed by atoms with Crippen LogP contribution in [0.5, 0.6) is 0 Å². The molecule has 1 aliphatic rings. The van der Waals surface area contributed by atoms with E-state index in [0.717, 1.165) is 0 Å². The van der Waals surface area contributed by atoms with Gasteiger partial charge in [-0.2, -0.15) is 12.6 Å². The molecule has 0 nitrogen and oxygen atoms in total. The highest BCUT2D eigenvalue weighted by Gasteiger charge is 2.24. The molecule has 0 bridgehead atoms. The van der Waals surface area contributed by atoms with Gasteiger partial charge in [0.15, 0.2) is 0 Å². The van der Waals surface area contributed by atoms with E-state index in [4.69, 9.17) is 0 Å². The van der Waals surface area contributed by atoms with Crippen LogP contribution in [0.4, 0.5) is 0 Å². The summed E-state index contributed by atoms with van der Waals surface area (Å²) in [5.74, 6) is 0. The molecular formula is C10H18S. The maximum atomic E-state index is 4.60. The van der Waals surface area contributed by atoms with Crippen molar-refractivity contribution < 1.29 is 0 Å². The fourth-order valence-corrected chi connectivity index (χ4v) is 1.81. The Balaban J connectivity index is 2.56.